The minimum atomic E-state index is -0.500. The number of amides is 1. The summed E-state index contributed by atoms with van der Waals surface area (Å²) in [6, 6.07) is 13.4. The second kappa shape index (κ2) is 10.3. The molecule has 31 heavy (non-hydrogen) atoms. The molecule has 0 aliphatic rings. The van der Waals surface area contributed by atoms with Crippen LogP contribution in [0.1, 0.15) is 32.7 Å². The van der Waals surface area contributed by atoms with Gasteiger partial charge in [0.1, 0.15) is 17.3 Å². The van der Waals surface area contributed by atoms with Gasteiger partial charge >= 0.3 is 0 Å². The lowest BCUT2D eigenvalue weighted by atomic mass is 10.3. The van der Waals surface area contributed by atoms with Gasteiger partial charge in [-0.15, -0.1) is 10.2 Å². The fourth-order valence-corrected chi connectivity index (χ4v) is 3.82. The van der Waals surface area contributed by atoms with Gasteiger partial charge in [0.05, 0.1) is 18.0 Å². The van der Waals surface area contributed by atoms with Crippen molar-refractivity contribution in [1.82, 2.24) is 14.8 Å². The second-order valence-electron chi connectivity index (χ2n) is 6.75. The number of thioether (sulfide) groups is 1. The fourth-order valence-electron chi connectivity index (χ4n) is 2.90. The number of rotatable bonds is 9. The Morgan fingerprint density at radius 2 is 1.81 bits per heavy atom. The number of nitrogens with zero attached hydrogens (tertiary/aromatic N) is 3. The van der Waals surface area contributed by atoms with Gasteiger partial charge < -0.3 is 19.4 Å². The van der Waals surface area contributed by atoms with Crippen LogP contribution in [0.3, 0.4) is 0 Å². The molecule has 1 N–H and O–H groups in total. The van der Waals surface area contributed by atoms with Crippen LogP contribution in [0.5, 0.6) is 11.5 Å². The van der Waals surface area contributed by atoms with E-state index in [0.717, 1.165) is 5.75 Å². The second-order valence-corrected chi connectivity index (χ2v) is 8.06. The summed E-state index contributed by atoms with van der Waals surface area (Å²) < 4.78 is 26.9. The normalized spacial score (nSPS) is 12.8. The lowest BCUT2D eigenvalue weighted by Crippen LogP contribution is -2.23. The zero-order valence-electron chi connectivity index (χ0n) is 17.8. The lowest BCUT2D eigenvalue weighted by molar-refractivity contribution is -0.115. The number of ether oxygens (including phenoxy) is 2. The van der Waals surface area contributed by atoms with E-state index in [2.05, 4.69) is 15.5 Å². The Kier molecular flexibility index (Phi) is 7.51. The number of benzene rings is 2. The number of halogens is 1. The van der Waals surface area contributed by atoms with E-state index in [1.54, 1.807) is 26.2 Å². The van der Waals surface area contributed by atoms with Crippen molar-refractivity contribution < 1.29 is 18.7 Å². The maximum atomic E-state index is 13.8. The Hall–Kier alpha value is -3.07. The van der Waals surface area contributed by atoms with E-state index in [0.29, 0.717) is 23.3 Å². The average Bonchev–Trinajstić information content (AvgIpc) is 3.18. The third-order valence-corrected chi connectivity index (χ3v) is 5.66. The topological polar surface area (TPSA) is 78.3 Å². The summed E-state index contributed by atoms with van der Waals surface area (Å²) in [4.78, 5) is 12.5. The van der Waals surface area contributed by atoms with Crippen molar-refractivity contribution in [2.45, 2.75) is 43.8 Å². The van der Waals surface area contributed by atoms with Crippen LogP contribution in [0.2, 0.25) is 0 Å². The van der Waals surface area contributed by atoms with Gasteiger partial charge in [-0.3, -0.25) is 4.79 Å². The van der Waals surface area contributed by atoms with Crippen LogP contribution in [0.15, 0.2) is 53.7 Å². The van der Waals surface area contributed by atoms with Gasteiger partial charge in [-0.2, -0.15) is 0 Å². The molecule has 2 atom stereocenters. The van der Waals surface area contributed by atoms with Crippen molar-refractivity contribution >= 4 is 23.4 Å². The van der Waals surface area contributed by atoms with Gasteiger partial charge in [-0.1, -0.05) is 23.9 Å². The molecule has 1 amide bonds. The first-order chi connectivity index (χ1) is 14.9. The van der Waals surface area contributed by atoms with Gasteiger partial charge in [0.25, 0.3) is 0 Å². The van der Waals surface area contributed by atoms with E-state index in [9.17, 15) is 9.18 Å². The number of carbonyl (C=O) groups is 1. The predicted molar refractivity (Wildman–Crippen MR) is 118 cm³/mol. The number of carbonyl (C=O) groups excluding carboxylic acids is 1. The summed E-state index contributed by atoms with van der Waals surface area (Å²) in [7, 11) is 1.61. The number of aromatic nitrogens is 3. The van der Waals surface area contributed by atoms with E-state index >= 15 is 0 Å². The van der Waals surface area contributed by atoms with Crippen LogP contribution in [0, 0.1) is 5.82 Å². The molecule has 7 nitrogen and oxygen atoms in total. The van der Waals surface area contributed by atoms with Gasteiger partial charge in [-0.25, -0.2) is 4.39 Å². The molecule has 3 rings (SSSR count). The highest BCUT2D eigenvalue weighted by Crippen LogP contribution is 2.28. The molecular formula is C22H25FN4O3S. The van der Waals surface area contributed by atoms with Crippen LogP contribution in [-0.2, 0) is 11.3 Å². The first-order valence-electron chi connectivity index (χ1n) is 9.88. The van der Waals surface area contributed by atoms with Gasteiger partial charge in [0.15, 0.2) is 17.1 Å². The van der Waals surface area contributed by atoms with Crippen LogP contribution in [0.25, 0.3) is 0 Å². The van der Waals surface area contributed by atoms with Gasteiger partial charge in [0.2, 0.25) is 5.91 Å². The van der Waals surface area contributed by atoms with Crippen molar-refractivity contribution in [3.63, 3.8) is 0 Å². The summed E-state index contributed by atoms with van der Waals surface area (Å²) in [5.74, 6) is 1.30. The van der Waals surface area contributed by atoms with Crippen LogP contribution < -0.4 is 14.8 Å². The lowest BCUT2D eigenvalue weighted by Gasteiger charge is -2.17. The molecule has 2 unspecified atom stereocenters. The average molecular weight is 445 g/mol. The summed E-state index contributed by atoms with van der Waals surface area (Å²) in [5.41, 5.74) is 0.152. The molecule has 0 spiro atoms. The molecule has 0 aliphatic carbocycles. The Morgan fingerprint density at radius 1 is 1.13 bits per heavy atom. The Labute approximate surface area is 185 Å². The van der Waals surface area contributed by atoms with E-state index < -0.39 is 11.1 Å². The minimum absolute atomic E-state index is 0.152. The molecule has 0 aliphatic heterocycles. The predicted octanol–water partition coefficient (Wildman–Crippen LogP) is 4.71. The molecule has 0 bridgehead atoms. The van der Waals surface area contributed by atoms with Crippen LogP contribution >= 0.6 is 11.8 Å². The Bertz CT molecular complexity index is 1030. The third-order valence-electron chi connectivity index (χ3n) is 4.58. The number of methoxy groups -OCH3 is 1. The van der Waals surface area contributed by atoms with Crippen molar-refractivity contribution in [1.29, 1.82) is 0 Å². The molecule has 1 heterocycles. The molecular weight excluding hydrogens is 419 g/mol. The summed E-state index contributed by atoms with van der Waals surface area (Å²) in [5, 5.41) is 11.2. The third kappa shape index (κ3) is 5.55. The molecule has 0 fully saturated rings. The molecule has 1 aromatic heterocycles. The summed E-state index contributed by atoms with van der Waals surface area (Å²) >= 11 is 1.26. The molecule has 0 saturated heterocycles. The van der Waals surface area contributed by atoms with E-state index in [4.69, 9.17) is 9.47 Å². The number of hydrogen-bond acceptors (Lipinski definition) is 6. The van der Waals surface area contributed by atoms with Gasteiger partial charge in [0, 0.05) is 6.54 Å². The van der Waals surface area contributed by atoms with Crippen molar-refractivity contribution in [3.05, 3.63) is 60.2 Å². The van der Waals surface area contributed by atoms with Gasteiger partial charge in [-0.05, 0) is 57.2 Å². The Morgan fingerprint density at radius 3 is 2.45 bits per heavy atom. The molecule has 2 aromatic carbocycles. The van der Waals surface area contributed by atoms with Crippen LogP contribution in [-0.4, -0.2) is 33.0 Å². The molecule has 9 heteroatoms. The van der Waals surface area contributed by atoms with Crippen molar-refractivity contribution in [2.24, 2.45) is 0 Å². The van der Waals surface area contributed by atoms with Crippen molar-refractivity contribution in [3.8, 4) is 11.5 Å². The van der Waals surface area contributed by atoms with E-state index in [1.165, 1.54) is 23.9 Å². The SMILES string of the molecule is CCn1c(SC(C)C(=O)Nc2ccccc2F)nnc1C(C)Oc1ccc(OC)cc1. The summed E-state index contributed by atoms with van der Waals surface area (Å²) in [6.45, 7) is 6.22. The van der Waals surface area contributed by atoms with Crippen LogP contribution in [0.4, 0.5) is 10.1 Å². The standard InChI is InChI=1S/C22H25FN4O3S/c1-5-27-20(14(2)30-17-12-10-16(29-4)11-13-17)25-26-22(27)31-15(3)21(28)24-19-9-7-6-8-18(19)23/h6-15H,5H2,1-4H3,(H,24,28). The molecule has 0 saturated carbocycles. The quantitative estimate of drug-likeness (QED) is 0.482. The Balaban J connectivity index is 1.68. The highest BCUT2D eigenvalue weighted by Gasteiger charge is 2.23. The largest absolute Gasteiger partial charge is 0.497 e. The number of hydrogen-bond donors (Lipinski definition) is 1. The van der Waals surface area contributed by atoms with Crippen molar-refractivity contribution in [2.75, 3.05) is 12.4 Å². The highest BCUT2D eigenvalue weighted by atomic mass is 32.2. The monoisotopic (exact) mass is 444 g/mol. The summed E-state index contributed by atoms with van der Waals surface area (Å²) in [6.07, 6.45) is -0.349. The smallest absolute Gasteiger partial charge is 0.237 e. The molecule has 3 aromatic rings. The zero-order valence-corrected chi connectivity index (χ0v) is 18.6. The first kappa shape index (κ1) is 22.6. The number of para-hydroxylation sites is 1. The zero-order chi connectivity index (χ0) is 22.4. The highest BCUT2D eigenvalue weighted by molar-refractivity contribution is 8.00. The number of anilines is 1. The number of nitrogens with one attached hydrogen (secondary N) is 1. The molecule has 164 valence electrons. The fraction of sp³-hybridized carbons (Fsp3) is 0.318. The van der Waals surface area contributed by atoms with E-state index in [-0.39, 0.29) is 17.7 Å². The first-order valence-corrected chi connectivity index (χ1v) is 10.8. The minimum Gasteiger partial charge on any atom is -0.497 e. The maximum Gasteiger partial charge on any atom is 0.237 e. The maximum absolute atomic E-state index is 13.8. The van der Waals surface area contributed by atoms with E-state index in [1.807, 2.05) is 42.7 Å². The molecule has 0 radical (unpaired) electrons.